The van der Waals surface area contributed by atoms with Gasteiger partial charge < -0.3 is 21.1 Å². The fraction of sp³-hybridized carbons (Fsp3) is 0. The van der Waals surface area contributed by atoms with Crippen LogP contribution in [-0.4, -0.2) is 21.3 Å². The van der Waals surface area contributed by atoms with Gasteiger partial charge in [0.1, 0.15) is 17.1 Å². The Bertz CT molecular complexity index is 809. The third-order valence-corrected chi connectivity index (χ3v) is 3.02. The number of aromatic hydroxyl groups is 2. The van der Waals surface area contributed by atoms with Crippen LogP contribution in [0.1, 0.15) is 10.4 Å². The molecule has 112 valence electrons. The van der Waals surface area contributed by atoms with Crippen LogP contribution < -0.4 is 5.73 Å². The van der Waals surface area contributed by atoms with Gasteiger partial charge in [-0.15, -0.1) is 0 Å². The van der Waals surface area contributed by atoms with E-state index in [-0.39, 0.29) is 11.3 Å². The lowest BCUT2D eigenvalue weighted by Gasteiger charge is -1.98. The Hall–Kier alpha value is -3.21. The monoisotopic (exact) mass is 297 g/mol. The highest BCUT2D eigenvalue weighted by atomic mass is 16.4. The molecule has 0 heterocycles. The largest absolute Gasteiger partial charge is 0.507 e. The Labute approximate surface area is 126 Å². The molecular formula is C17H15NO4. The number of aromatic carboxylic acids is 1. The number of nitrogen functional groups attached to an aromatic ring is 1. The van der Waals surface area contributed by atoms with Gasteiger partial charge in [0.05, 0.1) is 0 Å². The number of hydrogen-bond donors (Lipinski definition) is 4. The zero-order valence-corrected chi connectivity index (χ0v) is 11.6. The van der Waals surface area contributed by atoms with Crippen LogP contribution in [0.2, 0.25) is 0 Å². The number of benzene rings is 3. The van der Waals surface area contributed by atoms with E-state index in [4.69, 9.17) is 15.9 Å². The second kappa shape index (κ2) is 6.49. The van der Waals surface area contributed by atoms with Gasteiger partial charge >= 0.3 is 5.97 Å². The Morgan fingerprint density at radius 1 is 0.864 bits per heavy atom. The van der Waals surface area contributed by atoms with E-state index in [0.717, 1.165) is 10.8 Å². The summed E-state index contributed by atoms with van der Waals surface area (Å²) in [5.74, 6) is -1.11. The molecule has 3 aromatic carbocycles. The molecular weight excluding hydrogens is 282 g/mol. The third-order valence-electron chi connectivity index (χ3n) is 3.02. The lowest BCUT2D eigenvalue weighted by molar-refractivity contribution is 0.0694. The van der Waals surface area contributed by atoms with Gasteiger partial charge in [0.25, 0.3) is 0 Å². The predicted molar refractivity (Wildman–Crippen MR) is 85.1 cm³/mol. The molecule has 0 spiro atoms. The van der Waals surface area contributed by atoms with Crippen LogP contribution in [0.5, 0.6) is 11.5 Å². The molecule has 0 unspecified atom stereocenters. The van der Waals surface area contributed by atoms with Crippen LogP contribution in [0, 0.1) is 0 Å². The fourth-order valence-electron chi connectivity index (χ4n) is 1.93. The number of rotatable bonds is 1. The Kier molecular flexibility index (Phi) is 4.48. The Morgan fingerprint density at radius 2 is 1.55 bits per heavy atom. The molecule has 5 N–H and O–H groups in total. The number of hydrogen-bond acceptors (Lipinski definition) is 4. The van der Waals surface area contributed by atoms with E-state index in [1.807, 2.05) is 36.4 Å². The molecule has 3 aromatic rings. The maximum absolute atomic E-state index is 10.4. The van der Waals surface area contributed by atoms with Crippen molar-refractivity contribution in [2.45, 2.75) is 0 Å². The number of anilines is 1. The quantitative estimate of drug-likeness (QED) is 0.408. The molecule has 0 fully saturated rings. The molecule has 0 atom stereocenters. The molecule has 3 rings (SSSR count). The molecule has 0 bridgehead atoms. The number of phenols is 2. The molecule has 0 radical (unpaired) electrons. The number of fused-ring (bicyclic) bond motifs is 1. The summed E-state index contributed by atoms with van der Waals surface area (Å²) < 4.78 is 0. The average molecular weight is 297 g/mol. The number of carbonyl (C=O) groups is 1. The van der Waals surface area contributed by atoms with Crippen molar-refractivity contribution in [3.8, 4) is 11.5 Å². The molecule has 0 saturated heterocycles. The zero-order valence-electron chi connectivity index (χ0n) is 11.6. The first-order valence-corrected chi connectivity index (χ1v) is 6.47. The average Bonchev–Trinajstić information content (AvgIpc) is 2.51. The maximum atomic E-state index is 10.4. The number of carboxylic acids is 1. The van der Waals surface area contributed by atoms with Crippen LogP contribution in [0.4, 0.5) is 5.69 Å². The van der Waals surface area contributed by atoms with E-state index >= 15 is 0 Å². The van der Waals surface area contributed by atoms with Gasteiger partial charge in [-0.05, 0) is 29.7 Å². The first kappa shape index (κ1) is 15.2. The minimum absolute atomic E-state index is 0.176. The topological polar surface area (TPSA) is 104 Å². The molecule has 22 heavy (non-hydrogen) atoms. The van der Waals surface area contributed by atoms with Crippen molar-refractivity contribution >= 4 is 22.4 Å². The maximum Gasteiger partial charge on any atom is 0.339 e. The number of carboxylic acid groups (broad SMARTS) is 1. The molecule has 0 amide bonds. The van der Waals surface area contributed by atoms with Crippen molar-refractivity contribution in [2.75, 3.05) is 5.73 Å². The van der Waals surface area contributed by atoms with E-state index in [1.54, 1.807) is 6.07 Å². The van der Waals surface area contributed by atoms with Gasteiger partial charge in [-0.3, -0.25) is 0 Å². The van der Waals surface area contributed by atoms with E-state index in [2.05, 4.69) is 0 Å². The van der Waals surface area contributed by atoms with Crippen LogP contribution in [0.25, 0.3) is 10.8 Å². The highest BCUT2D eigenvalue weighted by molar-refractivity contribution is 5.91. The van der Waals surface area contributed by atoms with Crippen LogP contribution in [0.3, 0.4) is 0 Å². The summed E-state index contributed by atoms with van der Waals surface area (Å²) in [7, 11) is 0. The van der Waals surface area contributed by atoms with E-state index in [1.165, 1.54) is 18.2 Å². The second-order valence-corrected chi connectivity index (χ2v) is 4.58. The summed E-state index contributed by atoms with van der Waals surface area (Å²) in [4.78, 5) is 10.4. The van der Waals surface area contributed by atoms with Crippen LogP contribution >= 0.6 is 0 Å². The van der Waals surface area contributed by atoms with E-state index in [0.29, 0.717) is 11.4 Å². The molecule has 5 nitrogen and oxygen atoms in total. The second-order valence-electron chi connectivity index (χ2n) is 4.58. The van der Waals surface area contributed by atoms with E-state index < -0.39 is 5.97 Å². The first-order chi connectivity index (χ1) is 10.5. The molecule has 0 saturated carbocycles. The minimum atomic E-state index is -1.19. The van der Waals surface area contributed by atoms with Gasteiger partial charge in [-0.2, -0.15) is 0 Å². The molecule has 0 aliphatic carbocycles. The van der Waals surface area contributed by atoms with Gasteiger partial charge in [-0.1, -0.05) is 36.4 Å². The van der Waals surface area contributed by atoms with E-state index in [9.17, 15) is 9.90 Å². The lowest BCUT2D eigenvalue weighted by Crippen LogP contribution is -1.97. The van der Waals surface area contributed by atoms with Gasteiger partial charge in [-0.25, -0.2) is 4.79 Å². The zero-order chi connectivity index (χ0) is 16.1. The summed E-state index contributed by atoms with van der Waals surface area (Å²) >= 11 is 0. The number of nitrogens with two attached hydrogens (primary N) is 1. The van der Waals surface area contributed by atoms with Crippen molar-refractivity contribution < 1.29 is 20.1 Å². The van der Waals surface area contributed by atoms with Crippen LogP contribution in [0.15, 0.2) is 60.7 Å². The van der Waals surface area contributed by atoms with Crippen molar-refractivity contribution in [3.05, 3.63) is 66.2 Å². The third kappa shape index (κ3) is 3.46. The summed E-state index contributed by atoms with van der Waals surface area (Å²) in [6.45, 7) is 0. The highest BCUT2D eigenvalue weighted by Gasteiger charge is 2.08. The molecule has 0 aliphatic rings. The molecule has 0 aromatic heterocycles. The van der Waals surface area contributed by atoms with Crippen molar-refractivity contribution in [2.24, 2.45) is 0 Å². The normalized spacial score (nSPS) is 9.82. The summed E-state index contributed by atoms with van der Waals surface area (Å²) in [6, 6.07) is 17.2. The molecule has 0 aliphatic heterocycles. The minimum Gasteiger partial charge on any atom is -0.507 e. The summed E-state index contributed by atoms with van der Waals surface area (Å²) in [5, 5.41) is 28.8. The van der Waals surface area contributed by atoms with Crippen molar-refractivity contribution in [1.29, 1.82) is 0 Å². The SMILES string of the molecule is Nc1ccc(O)c(C(=O)O)c1.Oc1cccc2ccccc12. The Balaban J connectivity index is 0.000000160. The molecule has 5 heteroatoms. The fourth-order valence-corrected chi connectivity index (χ4v) is 1.93. The highest BCUT2D eigenvalue weighted by Crippen LogP contribution is 2.23. The van der Waals surface area contributed by atoms with Crippen LogP contribution in [-0.2, 0) is 0 Å². The summed E-state index contributed by atoms with van der Waals surface area (Å²) in [5.41, 5.74) is 5.43. The van der Waals surface area contributed by atoms with Crippen molar-refractivity contribution in [1.82, 2.24) is 0 Å². The predicted octanol–water partition coefficient (Wildman–Crippen LogP) is 3.22. The standard InChI is InChI=1S/C10H8O.C7H7NO3/c11-10-7-3-5-8-4-1-2-6-9(8)10;8-4-1-2-6(9)5(3-4)7(10)11/h1-7,11H;1-3,9H,8H2,(H,10,11). The van der Waals surface area contributed by atoms with Gasteiger partial charge in [0.15, 0.2) is 0 Å². The summed E-state index contributed by atoms with van der Waals surface area (Å²) in [6.07, 6.45) is 0. The lowest BCUT2D eigenvalue weighted by atomic mass is 10.1. The van der Waals surface area contributed by atoms with Crippen molar-refractivity contribution in [3.63, 3.8) is 0 Å². The van der Waals surface area contributed by atoms with Gasteiger partial charge in [0.2, 0.25) is 0 Å². The Morgan fingerprint density at radius 3 is 2.18 bits per heavy atom. The smallest absolute Gasteiger partial charge is 0.339 e. The van der Waals surface area contributed by atoms with Gasteiger partial charge in [0, 0.05) is 11.1 Å². The first-order valence-electron chi connectivity index (χ1n) is 6.47. The number of phenolic OH excluding ortho intramolecular Hbond substituents is 1.